The number of ketones is 1. The summed E-state index contributed by atoms with van der Waals surface area (Å²) in [6.07, 6.45) is -0.816. The molecule has 0 spiro atoms. The summed E-state index contributed by atoms with van der Waals surface area (Å²) in [5.74, 6) is 0.861. The molecule has 0 aliphatic carbocycles. The van der Waals surface area contributed by atoms with Crippen LogP contribution in [-0.2, 0) is 0 Å². The van der Waals surface area contributed by atoms with E-state index in [4.69, 9.17) is 21.1 Å². The van der Waals surface area contributed by atoms with Crippen molar-refractivity contribution in [2.45, 2.75) is 13.0 Å². The molecule has 22 heavy (non-hydrogen) atoms. The smallest absolute Gasteiger partial charge is 0.163 e. The van der Waals surface area contributed by atoms with Gasteiger partial charge in [0, 0.05) is 11.1 Å². The second-order valence-corrected chi connectivity index (χ2v) is 5.23. The van der Waals surface area contributed by atoms with Crippen LogP contribution in [0.4, 0.5) is 0 Å². The Bertz CT molecular complexity index is 652. The topological polar surface area (TPSA) is 55.8 Å². The first kappa shape index (κ1) is 16.3. The number of rotatable bonds is 6. The molecule has 4 nitrogen and oxygen atoms in total. The number of ether oxygens (including phenoxy) is 2. The first-order valence-electron chi connectivity index (χ1n) is 6.76. The van der Waals surface area contributed by atoms with E-state index in [1.807, 2.05) is 0 Å². The van der Waals surface area contributed by atoms with Crippen molar-refractivity contribution in [3.8, 4) is 11.5 Å². The van der Waals surface area contributed by atoms with E-state index in [2.05, 4.69) is 0 Å². The van der Waals surface area contributed by atoms with Crippen LogP contribution in [0.3, 0.4) is 0 Å². The molecule has 2 aromatic rings. The Labute approximate surface area is 134 Å². The lowest BCUT2D eigenvalue weighted by Crippen LogP contribution is -2.11. The summed E-state index contributed by atoms with van der Waals surface area (Å²) >= 11 is 5.81. The van der Waals surface area contributed by atoms with Crippen molar-refractivity contribution in [2.75, 3.05) is 13.7 Å². The fraction of sp³-hybridized carbons (Fsp3) is 0.235. The van der Waals surface area contributed by atoms with E-state index in [9.17, 15) is 9.90 Å². The van der Waals surface area contributed by atoms with Crippen LogP contribution in [0.25, 0.3) is 0 Å². The molecule has 0 fully saturated rings. The zero-order valence-electron chi connectivity index (χ0n) is 12.4. The van der Waals surface area contributed by atoms with Gasteiger partial charge in [-0.15, -0.1) is 0 Å². The van der Waals surface area contributed by atoms with E-state index in [-0.39, 0.29) is 12.4 Å². The predicted molar refractivity (Wildman–Crippen MR) is 84.9 cm³/mol. The summed E-state index contributed by atoms with van der Waals surface area (Å²) in [6.45, 7) is 1.49. The van der Waals surface area contributed by atoms with E-state index in [1.54, 1.807) is 42.5 Å². The number of benzene rings is 2. The van der Waals surface area contributed by atoms with Crippen LogP contribution in [0.2, 0.25) is 5.02 Å². The van der Waals surface area contributed by atoms with E-state index < -0.39 is 6.10 Å². The van der Waals surface area contributed by atoms with Gasteiger partial charge >= 0.3 is 0 Å². The highest BCUT2D eigenvalue weighted by atomic mass is 35.5. The Morgan fingerprint density at radius 2 is 1.91 bits per heavy atom. The van der Waals surface area contributed by atoms with E-state index in [0.717, 1.165) is 0 Å². The number of aliphatic hydroxyl groups is 1. The van der Waals surface area contributed by atoms with Crippen molar-refractivity contribution in [3.05, 3.63) is 58.6 Å². The summed E-state index contributed by atoms with van der Waals surface area (Å²) in [6, 6.07) is 11.8. The molecule has 0 bridgehead atoms. The highest BCUT2D eigenvalue weighted by molar-refractivity contribution is 6.30. The van der Waals surface area contributed by atoms with Crippen molar-refractivity contribution in [1.29, 1.82) is 0 Å². The lowest BCUT2D eigenvalue weighted by molar-refractivity contribution is 0.0977. The normalized spacial score (nSPS) is 11.8. The van der Waals surface area contributed by atoms with E-state index in [1.165, 1.54) is 14.0 Å². The number of carbonyl (C=O) groups is 1. The van der Waals surface area contributed by atoms with Crippen LogP contribution < -0.4 is 9.47 Å². The van der Waals surface area contributed by atoms with Crippen LogP contribution in [-0.4, -0.2) is 24.6 Å². The average Bonchev–Trinajstić information content (AvgIpc) is 2.52. The Kier molecular flexibility index (Phi) is 5.41. The van der Waals surface area contributed by atoms with E-state index >= 15 is 0 Å². The minimum absolute atomic E-state index is 0.0229. The molecule has 2 rings (SSSR count). The third-order valence-electron chi connectivity index (χ3n) is 3.22. The van der Waals surface area contributed by atoms with Gasteiger partial charge in [0.2, 0.25) is 0 Å². The lowest BCUT2D eigenvalue weighted by atomic mass is 10.1. The van der Waals surface area contributed by atoms with Crippen LogP contribution in [0.5, 0.6) is 11.5 Å². The molecule has 0 saturated carbocycles. The predicted octanol–water partition coefficient (Wildman–Crippen LogP) is 3.66. The van der Waals surface area contributed by atoms with Crippen LogP contribution in [0.15, 0.2) is 42.5 Å². The molecular weight excluding hydrogens is 304 g/mol. The number of aliphatic hydroxyl groups excluding tert-OH is 1. The molecular formula is C17H17ClO4. The summed E-state index contributed by atoms with van der Waals surface area (Å²) in [7, 11) is 1.54. The molecule has 5 heteroatoms. The molecule has 2 aromatic carbocycles. The minimum atomic E-state index is -0.816. The number of halogens is 1. The second-order valence-electron chi connectivity index (χ2n) is 4.80. The quantitative estimate of drug-likeness (QED) is 0.825. The van der Waals surface area contributed by atoms with Gasteiger partial charge in [-0.05, 0) is 36.8 Å². The maximum atomic E-state index is 11.6. The molecule has 0 amide bonds. The van der Waals surface area contributed by atoms with Crippen molar-refractivity contribution in [1.82, 2.24) is 0 Å². The molecule has 1 atom stereocenters. The van der Waals surface area contributed by atoms with Crippen LogP contribution in [0.1, 0.15) is 28.9 Å². The van der Waals surface area contributed by atoms with Crippen molar-refractivity contribution >= 4 is 17.4 Å². The van der Waals surface area contributed by atoms with Gasteiger partial charge in [-0.1, -0.05) is 23.7 Å². The van der Waals surface area contributed by atoms with Gasteiger partial charge in [-0.3, -0.25) is 4.79 Å². The summed E-state index contributed by atoms with van der Waals surface area (Å²) in [4.78, 5) is 11.6. The Hall–Kier alpha value is -2.04. The van der Waals surface area contributed by atoms with Crippen molar-refractivity contribution < 1.29 is 19.4 Å². The van der Waals surface area contributed by atoms with E-state index in [0.29, 0.717) is 27.6 Å². The molecule has 1 N–H and O–H groups in total. The van der Waals surface area contributed by atoms with Gasteiger partial charge in [0.1, 0.15) is 24.2 Å². The molecule has 0 aromatic heterocycles. The largest absolute Gasteiger partial charge is 0.497 e. The Balaban J connectivity index is 2.13. The summed E-state index contributed by atoms with van der Waals surface area (Å²) < 4.78 is 10.7. The third-order valence-corrected chi connectivity index (χ3v) is 3.47. The molecule has 0 aliphatic rings. The second kappa shape index (κ2) is 7.29. The van der Waals surface area contributed by atoms with Gasteiger partial charge < -0.3 is 14.6 Å². The van der Waals surface area contributed by atoms with Crippen LogP contribution in [0, 0.1) is 0 Å². The van der Waals surface area contributed by atoms with Gasteiger partial charge in [0.25, 0.3) is 0 Å². The molecule has 0 aliphatic heterocycles. The lowest BCUT2D eigenvalue weighted by Gasteiger charge is -2.15. The first-order valence-corrected chi connectivity index (χ1v) is 7.14. The monoisotopic (exact) mass is 320 g/mol. The Morgan fingerprint density at radius 3 is 2.50 bits per heavy atom. The molecule has 0 saturated heterocycles. The molecule has 0 heterocycles. The first-order chi connectivity index (χ1) is 10.5. The fourth-order valence-corrected chi connectivity index (χ4v) is 2.12. The molecule has 116 valence electrons. The highest BCUT2D eigenvalue weighted by Crippen LogP contribution is 2.26. The maximum absolute atomic E-state index is 11.6. The summed E-state index contributed by atoms with van der Waals surface area (Å²) in [5.41, 5.74) is 1.14. The average molecular weight is 321 g/mol. The van der Waals surface area contributed by atoms with Gasteiger partial charge in [-0.25, -0.2) is 0 Å². The summed E-state index contributed by atoms with van der Waals surface area (Å²) in [5, 5.41) is 10.7. The zero-order valence-corrected chi connectivity index (χ0v) is 13.1. The van der Waals surface area contributed by atoms with Gasteiger partial charge in [-0.2, -0.15) is 0 Å². The number of carbonyl (C=O) groups excluding carboxylic acids is 1. The number of hydrogen-bond donors (Lipinski definition) is 1. The minimum Gasteiger partial charge on any atom is -0.497 e. The van der Waals surface area contributed by atoms with Gasteiger partial charge in [0.05, 0.1) is 12.7 Å². The third kappa shape index (κ3) is 4.00. The van der Waals surface area contributed by atoms with Crippen LogP contribution >= 0.6 is 11.6 Å². The van der Waals surface area contributed by atoms with Gasteiger partial charge in [0.15, 0.2) is 5.78 Å². The zero-order chi connectivity index (χ0) is 16.1. The fourth-order valence-electron chi connectivity index (χ4n) is 1.99. The standard InChI is InChI=1S/C17H17ClO4/c1-11(19)15-8-7-14(21-2)9-17(15)22-10-16(20)12-3-5-13(18)6-4-12/h3-9,16,20H,10H2,1-2H3. The highest BCUT2D eigenvalue weighted by Gasteiger charge is 2.13. The molecule has 0 radical (unpaired) electrons. The number of Topliss-reactive ketones (excluding diaryl/α,β-unsaturated/α-hetero) is 1. The SMILES string of the molecule is COc1ccc(C(C)=O)c(OCC(O)c2ccc(Cl)cc2)c1. The van der Waals surface area contributed by atoms with Crippen molar-refractivity contribution in [2.24, 2.45) is 0 Å². The maximum Gasteiger partial charge on any atom is 0.163 e. The number of hydrogen-bond acceptors (Lipinski definition) is 4. The van der Waals surface area contributed by atoms with Crippen molar-refractivity contribution in [3.63, 3.8) is 0 Å². The molecule has 1 unspecified atom stereocenters. The Morgan fingerprint density at radius 1 is 1.23 bits per heavy atom. The number of methoxy groups -OCH3 is 1.